The van der Waals surface area contributed by atoms with Gasteiger partial charge in [-0.1, -0.05) is 18.7 Å². The first kappa shape index (κ1) is 11.4. The van der Waals surface area contributed by atoms with Crippen LogP contribution in [0.5, 0.6) is 0 Å². The number of nitrogens with zero attached hydrogens (tertiary/aromatic N) is 2. The molecule has 0 unspecified atom stereocenters. The molecule has 1 aromatic carbocycles. The summed E-state index contributed by atoms with van der Waals surface area (Å²) >= 11 is 0. The number of hydrogen-bond donors (Lipinski definition) is 0. The maximum Gasteiger partial charge on any atom is 0.0240 e. The zero-order chi connectivity index (χ0) is 10.4. The summed E-state index contributed by atoms with van der Waals surface area (Å²) in [7, 11) is 2.04. The van der Waals surface area contributed by atoms with E-state index in [1.165, 1.54) is 16.8 Å². The molecular weight excluding hydrogens is 376 g/mol. The minimum absolute atomic E-state index is 0. The van der Waals surface area contributed by atoms with Gasteiger partial charge in [-0.3, -0.25) is 0 Å². The normalized spacial score (nSPS) is 16.5. The number of anilines is 1. The Kier molecular flexibility index (Phi) is 2.91. The molecule has 16 heavy (non-hydrogen) atoms. The summed E-state index contributed by atoms with van der Waals surface area (Å²) in [6.07, 6.45) is 6.41. The molecule has 0 fully saturated rings. The minimum Gasteiger partial charge on any atom is -0.510 e. The van der Waals surface area contributed by atoms with Crippen LogP contribution in [0.4, 0.5) is 5.69 Å². The topological polar surface area (TPSA) is 6.48 Å². The third-order valence-corrected chi connectivity index (χ3v) is 2.81. The number of benzene rings is 1. The second-order valence-electron chi connectivity index (χ2n) is 3.96. The van der Waals surface area contributed by atoms with Crippen molar-refractivity contribution in [1.29, 1.82) is 0 Å². The fourth-order valence-electron chi connectivity index (χ4n) is 2.04. The van der Waals surface area contributed by atoms with Crippen LogP contribution in [0.15, 0.2) is 30.1 Å². The van der Waals surface area contributed by atoms with E-state index in [-0.39, 0.29) is 20.1 Å². The molecule has 0 aromatic heterocycles. The minimum atomic E-state index is 0. The molecule has 3 rings (SSSR count). The van der Waals surface area contributed by atoms with Crippen LogP contribution < -0.4 is 4.90 Å². The van der Waals surface area contributed by atoms with E-state index in [9.17, 15) is 0 Å². The van der Waals surface area contributed by atoms with Gasteiger partial charge in [-0.05, 0) is 13.2 Å². The fourth-order valence-corrected chi connectivity index (χ4v) is 2.04. The molecule has 1 radical (unpaired) electrons. The van der Waals surface area contributed by atoms with Gasteiger partial charge in [0.05, 0.1) is 0 Å². The van der Waals surface area contributed by atoms with Crippen LogP contribution in [-0.2, 0) is 20.1 Å². The maximum atomic E-state index is 3.30. The van der Waals surface area contributed by atoms with Crippen LogP contribution in [0, 0.1) is 19.7 Å². The molecule has 0 saturated heterocycles. The average molecular weight is 388 g/mol. The van der Waals surface area contributed by atoms with E-state index in [0.29, 0.717) is 0 Å². The molecule has 1 aromatic rings. The van der Waals surface area contributed by atoms with Gasteiger partial charge in [-0.15, -0.1) is 11.6 Å². The Hall–Kier alpha value is -1.05. The van der Waals surface area contributed by atoms with Crippen molar-refractivity contribution < 1.29 is 20.1 Å². The Morgan fingerprint density at radius 1 is 1.31 bits per heavy atom. The van der Waals surface area contributed by atoms with Crippen molar-refractivity contribution in [2.24, 2.45) is 0 Å². The fraction of sp³-hybridized carbons (Fsp3) is 0.154. The van der Waals surface area contributed by atoms with Gasteiger partial charge in [0.25, 0.3) is 0 Å². The summed E-state index contributed by atoms with van der Waals surface area (Å²) in [4.78, 5) is 4.23. The second-order valence-corrected chi connectivity index (χ2v) is 3.96. The molecule has 3 heteroatoms. The molecule has 0 bridgehead atoms. The van der Waals surface area contributed by atoms with Crippen LogP contribution in [0.1, 0.15) is 11.1 Å². The van der Waals surface area contributed by atoms with E-state index >= 15 is 0 Å². The molecule has 0 amide bonds. The van der Waals surface area contributed by atoms with E-state index in [2.05, 4.69) is 53.9 Å². The van der Waals surface area contributed by atoms with Crippen molar-refractivity contribution in [3.8, 4) is 0 Å². The van der Waals surface area contributed by atoms with Gasteiger partial charge in [0.1, 0.15) is 0 Å². The van der Waals surface area contributed by atoms with Crippen molar-refractivity contribution in [3.63, 3.8) is 0 Å². The van der Waals surface area contributed by atoms with Crippen molar-refractivity contribution >= 4 is 11.8 Å². The van der Waals surface area contributed by atoms with E-state index in [1.54, 1.807) is 0 Å². The molecule has 0 N–H and O–H groups in total. The van der Waals surface area contributed by atoms with Crippen LogP contribution in [-0.4, -0.2) is 11.9 Å². The van der Waals surface area contributed by atoms with Gasteiger partial charge in [0.2, 0.25) is 0 Å². The van der Waals surface area contributed by atoms with Crippen molar-refractivity contribution in [3.05, 3.63) is 54.0 Å². The Balaban J connectivity index is 0.000000963. The first-order chi connectivity index (χ1) is 7.25. The van der Waals surface area contributed by atoms with Crippen LogP contribution >= 0.6 is 0 Å². The van der Waals surface area contributed by atoms with Gasteiger partial charge in [0, 0.05) is 25.8 Å². The molecular formula is C13H12IrN2-2. The predicted molar refractivity (Wildman–Crippen MR) is 61.7 cm³/mol. The first-order valence-corrected chi connectivity index (χ1v) is 5.03. The van der Waals surface area contributed by atoms with E-state index < -0.39 is 0 Å². The quantitative estimate of drug-likeness (QED) is 0.631. The van der Waals surface area contributed by atoms with E-state index in [0.717, 1.165) is 5.69 Å². The molecule has 2 heterocycles. The smallest absolute Gasteiger partial charge is 0.0240 e. The largest absolute Gasteiger partial charge is 0.510 e. The molecule has 85 valence electrons. The number of rotatable bonds is 0. The Morgan fingerprint density at radius 2 is 2.12 bits per heavy atom. The molecule has 2 aliphatic heterocycles. The Morgan fingerprint density at radius 3 is 2.94 bits per heavy atom. The summed E-state index contributed by atoms with van der Waals surface area (Å²) in [6.45, 7) is 4.21. The molecule has 2 nitrogen and oxygen atoms in total. The summed E-state index contributed by atoms with van der Waals surface area (Å²) < 4.78 is 0. The number of aryl methyl sites for hydroxylation is 1. The first-order valence-electron chi connectivity index (χ1n) is 5.03. The van der Waals surface area contributed by atoms with Crippen molar-refractivity contribution in [2.45, 2.75) is 6.92 Å². The van der Waals surface area contributed by atoms with Crippen LogP contribution in [0.2, 0.25) is 0 Å². The summed E-state index contributed by atoms with van der Waals surface area (Å²) in [5.41, 5.74) is 4.91. The number of fused-ring (bicyclic) bond motifs is 3. The number of hydrogen-bond acceptors (Lipinski definition) is 2. The second kappa shape index (κ2) is 4.08. The van der Waals surface area contributed by atoms with Gasteiger partial charge in [0.15, 0.2) is 0 Å². The molecule has 0 spiro atoms. The maximum absolute atomic E-state index is 3.30. The monoisotopic (exact) mass is 389 g/mol. The Bertz CT molecular complexity index is 477. The third kappa shape index (κ3) is 1.60. The summed E-state index contributed by atoms with van der Waals surface area (Å²) in [6, 6.07) is 7.38. The standard InChI is InChI=1S/C13H12N2.Ir/c1-10-4-3-5-13-12(10)7-6-11-8-14(2)9-15(11)13;/h3-4,6-9H,1-2H3;/q-2;. The van der Waals surface area contributed by atoms with Gasteiger partial charge in [-0.2, -0.15) is 30.4 Å². The Labute approximate surface area is 110 Å². The van der Waals surface area contributed by atoms with Crippen molar-refractivity contribution in [1.82, 2.24) is 4.90 Å². The van der Waals surface area contributed by atoms with Crippen LogP contribution in [0.25, 0.3) is 6.08 Å². The van der Waals surface area contributed by atoms with E-state index in [1.807, 2.05) is 13.1 Å². The molecule has 2 aliphatic rings. The molecule has 0 saturated carbocycles. The third-order valence-electron chi connectivity index (χ3n) is 2.81. The average Bonchev–Trinajstić information content (AvgIpc) is 2.59. The SMILES string of the molecule is Cc1cc[c-]c2c1C=CC1=CN(C)[CH-]N12.[Ir]. The van der Waals surface area contributed by atoms with E-state index in [4.69, 9.17) is 0 Å². The van der Waals surface area contributed by atoms with Gasteiger partial charge >= 0.3 is 0 Å². The summed E-state index contributed by atoms with van der Waals surface area (Å²) in [5, 5.41) is 0. The zero-order valence-corrected chi connectivity index (χ0v) is 11.6. The van der Waals surface area contributed by atoms with Gasteiger partial charge < -0.3 is 9.80 Å². The molecule has 0 atom stereocenters. The zero-order valence-electron chi connectivity index (χ0n) is 9.19. The van der Waals surface area contributed by atoms with Crippen LogP contribution in [0.3, 0.4) is 0 Å². The van der Waals surface area contributed by atoms with Crippen molar-refractivity contribution in [2.75, 3.05) is 11.9 Å². The van der Waals surface area contributed by atoms with Gasteiger partial charge in [-0.25, -0.2) is 0 Å². The number of allylic oxidation sites excluding steroid dienone is 1. The summed E-state index contributed by atoms with van der Waals surface area (Å²) in [5.74, 6) is 0. The molecule has 0 aliphatic carbocycles. The predicted octanol–water partition coefficient (Wildman–Crippen LogP) is 2.53.